The minimum absolute atomic E-state index is 0.0290. The van der Waals surface area contributed by atoms with E-state index in [-0.39, 0.29) is 5.91 Å². The van der Waals surface area contributed by atoms with E-state index >= 15 is 0 Å². The zero-order valence-corrected chi connectivity index (χ0v) is 15.7. The smallest absolute Gasteiger partial charge is 0.274 e. The zero-order valence-electron chi connectivity index (χ0n) is 15.7. The molecular weight excluding hydrogens is 338 g/mol. The third-order valence-corrected chi connectivity index (χ3v) is 5.79. The molecular formula is C21H25N5O. The van der Waals surface area contributed by atoms with Crippen molar-refractivity contribution < 1.29 is 4.79 Å². The van der Waals surface area contributed by atoms with Gasteiger partial charge in [-0.25, -0.2) is 9.97 Å². The normalized spacial score (nSPS) is 20.3. The molecule has 1 aliphatic heterocycles. The number of fused-ring (bicyclic) bond motifs is 1. The summed E-state index contributed by atoms with van der Waals surface area (Å²) in [6.07, 6.45) is 12.6. The molecule has 0 N–H and O–H groups in total. The average Bonchev–Trinajstić information content (AvgIpc) is 3.20. The second-order valence-corrected chi connectivity index (χ2v) is 8.07. The van der Waals surface area contributed by atoms with Crippen LogP contribution >= 0.6 is 0 Å². The molecule has 2 aliphatic rings. The van der Waals surface area contributed by atoms with E-state index in [0.717, 1.165) is 55.4 Å². The van der Waals surface area contributed by atoms with Crippen LogP contribution in [0.2, 0.25) is 0 Å². The number of hydrogen-bond donors (Lipinski definition) is 0. The van der Waals surface area contributed by atoms with E-state index in [0.29, 0.717) is 11.6 Å². The van der Waals surface area contributed by atoms with Crippen LogP contribution in [0.25, 0.3) is 5.65 Å². The molecule has 5 rings (SSSR count). The van der Waals surface area contributed by atoms with E-state index in [2.05, 4.69) is 20.7 Å². The summed E-state index contributed by atoms with van der Waals surface area (Å²) in [5.74, 6) is 2.31. The third-order valence-electron chi connectivity index (χ3n) is 5.79. The van der Waals surface area contributed by atoms with Crippen molar-refractivity contribution in [2.24, 2.45) is 5.92 Å². The lowest BCUT2D eigenvalue weighted by molar-refractivity contribution is 0.0698. The molecule has 3 aromatic rings. The number of imidazole rings is 2. The maximum Gasteiger partial charge on any atom is 0.274 e. The van der Waals surface area contributed by atoms with Gasteiger partial charge in [-0.2, -0.15) is 0 Å². The molecule has 3 aromatic heterocycles. The van der Waals surface area contributed by atoms with Crippen LogP contribution in [-0.2, 0) is 6.54 Å². The first kappa shape index (κ1) is 16.5. The molecule has 1 atom stereocenters. The van der Waals surface area contributed by atoms with Gasteiger partial charge in [0.25, 0.3) is 5.91 Å². The Morgan fingerprint density at radius 3 is 2.96 bits per heavy atom. The van der Waals surface area contributed by atoms with Gasteiger partial charge in [-0.3, -0.25) is 4.79 Å². The highest BCUT2D eigenvalue weighted by Gasteiger charge is 2.30. The van der Waals surface area contributed by atoms with Crippen molar-refractivity contribution >= 4 is 11.6 Å². The van der Waals surface area contributed by atoms with E-state index in [4.69, 9.17) is 0 Å². The summed E-state index contributed by atoms with van der Waals surface area (Å²) in [5, 5.41) is 0. The van der Waals surface area contributed by atoms with Crippen molar-refractivity contribution in [3.63, 3.8) is 0 Å². The highest BCUT2D eigenvalue weighted by atomic mass is 16.2. The summed E-state index contributed by atoms with van der Waals surface area (Å²) < 4.78 is 4.25. The highest BCUT2D eigenvalue weighted by Crippen LogP contribution is 2.33. The van der Waals surface area contributed by atoms with Gasteiger partial charge in [-0.1, -0.05) is 6.07 Å². The van der Waals surface area contributed by atoms with Crippen molar-refractivity contribution in [2.75, 3.05) is 13.1 Å². The average molecular weight is 363 g/mol. The Morgan fingerprint density at radius 2 is 2.11 bits per heavy atom. The topological polar surface area (TPSA) is 55.4 Å². The molecule has 1 saturated carbocycles. The lowest BCUT2D eigenvalue weighted by atomic mass is 9.96. The summed E-state index contributed by atoms with van der Waals surface area (Å²) in [6.45, 7) is 4.64. The Bertz CT molecular complexity index is 984. The van der Waals surface area contributed by atoms with Gasteiger partial charge in [0.1, 0.15) is 17.2 Å². The van der Waals surface area contributed by atoms with Crippen molar-refractivity contribution in [3.05, 3.63) is 54.0 Å². The number of aromatic nitrogens is 4. The van der Waals surface area contributed by atoms with Crippen LogP contribution in [0.5, 0.6) is 0 Å². The van der Waals surface area contributed by atoms with E-state index in [1.54, 1.807) is 0 Å². The first-order valence-corrected chi connectivity index (χ1v) is 9.93. The Hall–Kier alpha value is -2.63. The molecule has 27 heavy (non-hydrogen) atoms. The lowest BCUT2D eigenvalue weighted by Crippen LogP contribution is -2.40. The maximum atomic E-state index is 13.1. The molecule has 1 aliphatic carbocycles. The molecule has 140 valence electrons. The van der Waals surface area contributed by atoms with Crippen LogP contribution in [0.3, 0.4) is 0 Å². The molecule has 1 unspecified atom stereocenters. The van der Waals surface area contributed by atoms with Gasteiger partial charge < -0.3 is 13.9 Å². The van der Waals surface area contributed by atoms with Crippen molar-refractivity contribution in [2.45, 2.75) is 45.1 Å². The van der Waals surface area contributed by atoms with Crippen molar-refractivity contribution in [1.29, 1.82) is 0 Å². The van der Waals surface area contributed by atoms with E-state index in [1.807, 2.05) is 46.9 Å². The predicted octanol–water partition coefficient (Wildman–Crippen LogP) is 3.27. The van der Waals surface area contributed by atoms with Gasteiger partial charge in [-0.05, 0) is 50.2 Å². The minimum atomic E-state index is 0.0290. The van der Waals surface area contributed by atoms with Gasteiger partial charge >= 0.3 is 0 Å². The minimum Gasteiger partial charge on any atom is -0.337 e. The summed E-state index contributed by atoms with van der Waals surface area (Å²) in [7, 11) is 0. The standard InChI is InChI=1S/C21H25N5O/c1-15-4-7-19-23-18(14-26(19)11-15)21(27)25-9-2-3-17(13-25)20-22-8-10-24(20)12-16-5-6-16/h4,7-8,10-11,14,16-17H,2-3,5-6,9,12-13H2,1H3. The third kappa shape index (κ3) is 3.24. The van der Waals surface area contributed by atoms with Crippen LogP contribution in [0.4, 0.5) is 0 Å². The van der Waals surface area contributed by atoms with E-state index < -0.39 is 0 Å². The van der Waals surface area contributed by atoms with Crippen LogP contribution in [-0.4, -0.2) is 42.8 Å². The van der Waals surface area contributed by atoms with Gasteiger partial charge in [0.15, 0.2) is 0 Å². The van der Waals surface area contributed by atoms with Crippen LogP contribution < -0.4 is 0 Å². The predicted molar refractivity (Wildman–Crippen MR) is 103 cm³/mol. The number of nitrogens with zero attached hydrogens (tertiary/aromatic N) is 5. The van der Waals surface area contributed by atoms with E-state index in [9.17, 15) is 4.79 Å². The first-order valence-electron chi connectivity index (χ1n) is 9.93. The fourth-order valence-electron chi connectivity index (χ4n) is 4.15. The Kier molecular flexibility index (Phi) is 3.99. The second kappa shape index (κ2) is 6.51. The number of hydrogen-bond acceptors (Lipinski definition) is 3. The lowest BCUT2D eigenvalue weighted by Gasteiger charge is -2.32. The van der Waals surface area contributed by atoms with Crippen molar-refractivity contribution in [3.8, 4) is 0 Å². The highest BCUT2D eigenvalue weighted by molar-refractivity contribution is 5.93. The maximum absolute atomic E-state index is 13.1. The number of carbonyl (C=O) groups excluding carboxylic acids is 1. The number of aryl methyl sites for hydroxylation is 1. The number of carbonyl (C=O) groups is 1. The summed E-state index contributed by atoms with van der Waals surface area (Å²) >= 11 is 0. The number of amides is 1. The molecule has 0 spiro atoms. The first-order chi connectivity index (χ1) is 13.2. The van der Waals surface area contributed by atoms with Gasteiger partial charge in [0.2, 0.25) is 0 Å². The van der Waals surface area contributed by atoms with Crippen LogP contribution in [0.15, 0.2) is 36.9 Å². The Labute approximate surface area is 158 Å². The summed E-state index contributed by atoms with van der Waals surface area (Å²) in [6, 6.07) is 3.98. The summed E-state index contributed by atoms with van der Waals surface area (Å²) in [4.78, 5) is 24.2. The molecule has 6 heteroatoms. The SMILES string of the molecule is Cc1ccc2nc(C(=O)N3CCCC(c4nccn4CC4CC4)C3)cn2c1. The molecule has 6 nitrogen and oxygen atoms in total. The molecule has 0 bridgehead atoms. The fourth-order valence-corrected chi connectivity index (χ4v) is 4.15. The fraction of sp³-hybridized carbons (Fsp3) is 0.476. The number of pyridine rings is 1. The molecule has 1 amide bonds. The van der Waals surface area contributed by atoms with Crippen LogP contribution in [0.1, 0.15) is 53.5 Å². The second-order valence-electron chi connectivity index (χ2n) is 8.07. The van der Waals surface area contributed by atoms with E-state index in [1.165, 1.54) is 12.8 Å². The molecule has 0 aromatic carbocycles. The monoisotopic (exact) mass is 363 g/mol. The summed E-state index contributed by atoms with van der Waals surface area (Å²) in [5.41, 5.74) is 2.50. The largest absolute Gasteiger partial charge is 0.337 e. The molecule has 1 saturated heterocycles. The molecule has 4 heterocycles. The van der Waals surface area contributed by atoms with Gasteiger partial charge in [0, 0.05) is 50.3 Å². The number of likely N-dealkylation sites (tertiary alicyclic amines) is 1. The quantitative estimate of drug-likeness (QED) is 0.715. The zero-order chi connectivity index (χ0) is 18.4. The Balaban J connectivity index is 1.35. The van der Waals surface area contributed by atoms with Gasteiger partial charge in [0.05, 0.1) is 0 Å². The van der Waals surface area contributed by atoms with Gasteiger partial charge in [-0.15, -0.1) is 0 Å². The number of rotatable bonds is 4. The van der Waals surface area contributed by atoms with Crippen LogP contribution in [0, 0.1) is 12.8 Å². The number of piperidine rings is 1. The molecule has 2 fully saturated rings. The Morgan fingerprint density at radius 1 is 1.22 bits per heavy atom. The molecule has 0 radical (unpaired) electrons. The van der Waals surface area contributed by atoms with Crippen molar-refractivity contribution in [1.82, 2.24) is 23.8 Å².